The highest BCUT2D eigenvalue weighted by molar-refractivity contribution is 5.26. The lowest BCUT2D eigenvalue weighted by molar-refractivity contribution is -0.186. The first-order chi connectivity index (χ1) is 9.91. The number of likely N-dealkylation sites (N-methyl/N-ethyl adjacent to an activating group) is 1. The second-order valence-corrected chi connectivity index (χ2v) is 6.19. The molecule has 1 aliphatic carbocycles. The largest absolute Gasteiger partial charge is 0.391 e. The summed E-state index contributed by atoms with van der Waals surface area (Å²) in [7, 11) is 1.86. The van der Waals surface area contributed by atoms with Crippen LogP contribution in [0.15, 0.2) is 24.3 Å². The van der Waals surface area contributed by atoms with E-state index in [2.05, 4.69) is 24.4 Å². The molecular formula is C17H24F3N. The van der Waals surface area contributed by atoms with Crippen LogP contribution in [0.25, 0.3) is 0 Å². The molecule has 0 saturated heterocycles. The van der Waals surface area contributed by atoms with Crippen molar-refractivity contribution < 1.29 is 13.2 Å². The molecule has 1 aliphatic rings. The Bertz CT molecular complexity index is 456. The third-order valence-electron chi connectivity index (χ3n) is 4.82. The van der Waals surface area contributed by atoms with Crippen LogP contribution in [0.3, 0.4) is 0 Å². The fourth-order valence-corrected chi connectivity index (χ4v) is 3.47. The third-order valence-corrected chi connectivity index (χ3v) is 4.82. The summed E-state index contributed by atoms with van der Waals surface area (Å²) in [6.45, 7) is 2.06. The minimum absolute atomic E-state index is 0.106. The molecule has 0 aromatic heterocycles. The molecule has 1 nitrogen and oxygen atoms in total. The highest BCUT2D eigenvalue weighted by atomic mass is 19.4. The van der Waals surface area contributed by atoms with Crippen LogP contribution in [-0.4, -0.2) is 19.3 Å². The summed E-state index contributed by atoms with van der Waals surface area (Å²) in [4.78, 5) is 0. The average molecular weight is 299 g/mol. The quantitative estimate of drug-likeness (QED) is 0.863. The minimum atomic E-state index is -4.04. The maximum atomic E-state index is 13.0. The van der Waals surface area contributed by atoms with Gasteiger partial charge in [-0.1, -0.05) is 30.7 Å². The van der Waals surface area contributed by atoms with E-state index >= 15 is 0 Å². The Hall–Kier alpha value is -1.03. The van der Waals surface area contributed by atoms with E-state index in [0.717, 1.165) is 12.8 Å². The molecule has 1 aromatic carbocycles. The topological polar surface area (TPSA) is 12.0 Å². The normalized spacial score (nSPS) is 24.8. The molecule has 4 heteroatoms. The van der Waals surface area contributed by atoms with Gasteiger partial charge in [-0.2, -0.15) is 13.2 Å². The van der Waals surface area contributed by atoms with Crippen molar-refractivity contribution in [2.75, 3.05) is 7.05 Å². The van der Waals surface area contributed by atoms with Crippen molar-refractivity contribution in [3.8, 4) is 0 Å². The Balaban J connectivity index is 2.05. The van der Waals surface area contributed by atoms with E-state index in [-0.39, 0.29) is 18.4 Å². The van der Waals surface area contributed by atoms with Crippen LogP contribution < -0.4 is 5.32 Å². The fraction of sp³-hybridized carbons (Fsp3) is 0.647. The maximum absolute atomic E-state index is 13.0. The van der Waals surface area contributed by atoms with Crippen LogP contribution in [0.2, 0.25) is 0 Å². The standard InChI is InChI=1S/C17H24F3N/c1-12-6-3-4-7-13(12)11-16(21-2)14-8-5-9-15(10-14)17(18,19)20/h3-4,6-7,14-16,21H,5,8-11H2,1-2H3. The molecule has 3 unspecified atom stereocenters. The molecule has 118 valence electrons. The minimum Gasteiger partial charge on any atom is -0.316 e. The van der Waals surface area contributed by atoms with E-state index in [9.17, 15) is 13.2 Å². The molecule has 1 N–H and O–H groups in total. The van der Waals surface area contributed by atoms with E-state index in [4.69, 9.17) is 0 Å². The Labute approximate surface area is 124 Å². The lowest BCUT2D eigenvalue weighted by Gasteiger charge is -2.35. The first kappa shape index (κ1) is 16.3. The Morgan fingerprint density at radius 3 is 2.57 bits per heavy atom. The summed E-state index contributed by atoms with van der Waals surface area (Å²) in [5, 5.41) is 3.25. The molecule has 0 amide bonds. The molecule has 0 spiro atoms. The molecule has 1 aromatic rings. The average Bonchev–Trinajstić information content (AvgIpc) is 2.46. The molecule has 1 fully saturated rings. The fourth-order valence-electron chi connectivity index (χ4n) is 3.47. The number of hydrogen-bond donors (Lipinski definition) is 1. The van der Waals surface area contributed by atoms with E-state index in [0.29, 0.717) is 12.8 Å². The van der Waals surface area contributed by atoms with Crippen molar-refractivity contribution in [3.63, 3.8) is 0 Å². The van der Waals surface area contributed by atoms with Crippen LogP contribution in [0.4, 0.5) is 13.2 Å². The Morgan fingerprint density at radius 1 is 1.24 bits per heavy atom. The van der Waals surface area contributed by atoms with Gasteiger partial charge in [-0.05, 0) is 56.7 Å². The molecule has 1 saturated carbocycles. The lowest BCUT2D eigenvalue weighted by Crippen LogP contribution is -2.40. The van der Waals surface area contributed by atoms with Gasteiger partial charge in [0.2, 0.25) is 0 Å². The second-order valence-electron chi connectivity index (χ2n) is 6.19. The van der Waals surface area contributed by atoms with Crippen molar-refractivity contribution in [2.45, 2.75) is 51.2 Å². The van der Waals surface area contributed by atoms with Gasteiger partial charge in [0.25, 0.3) is 0 Å². The van der Waals surface area contributed by atoms with Gasteiger partial charge in [0.05, 0.1) is 5.92 Å². The molecule has 0 radical (unpaired) electrons. The van der Waals surface area contributed by atoms with Gasteiger partial charge >= 0.3 is 6.18 Å². The smallest absolute Gasteiger partial charge is 0.316 e. The molecular weight excluding hydrogens is 275 g/mol. The third kappa shape index (κ3) is 4.22. The monoisotopic (exact) mass is 299 g/mol. The summed E-state index contributed by atoms with van der Waals surface area (Å²) in [6, 6.07) is 8.24. The first-order valence-corrected chi connectivity index (χ1v) is 7.70. The van der Waals surface area contributed by atoms with E-state index in [1.165, 1.54) is 11.1 Å². The molecule has 2 rings (SSSR count). The predicted molar refractivity (Wildman–Crippen MR) is 79.2 cm³/mol. The van der Waals surface area contributed by atoms with Gasteiger partial charge in [-0.15, -0.1) is 0 Å². The number of halogens is 3. The summed E-state index contributed by atoms with van der Waals surface area (Å²) < 4.78 is 38.9. The Morgan fingerprint density at radius 2 is 1.95 bits per heavy atom. The summed E-state index contributed by atoms with van der Waals surface area (Å²) in [5.41, 5.74) is 2.44. The summed E-state index contributed by atoms with van der Waals surface area (Å²) in [5.74, 6) is -1.01. The van der Waals surface area contributed by atoms with Crippen LogP contribution in [0.5, 0.6) is 0 Å². The predicted octanol–water partition coefficient (Wildman–Crippen LogP) is 4.49. The van der Waals surface area contributed by atoms with Crippen LogP contribution in [0, 0.1) is 18.8 Å². The van der Waals surface area contributed by atoms with Gasteiger partial charge < -0.3 is 5.32 Å². The van der Waals surface area contributed by atoms with Crippen molar-refractivity contribution in [1.29, 1.82) is 0 Å². The zero-order chi connectivity index (χ0) is 15.5. The molecule has 21 heavy (non-hydrogen) atoms. The number of benzene rings is 1. The van der Waals surface area contributed by atoms with Crippen molar-refractivity contribution in [1.82, 2.24) is 5.32 Å². The summed E-state index contributed by atoms with van der Waals surface area (Å²) in [6.07, 6.45) is -1.11. The van der Waals surface area contributed by atoms with Crippen molar-refractivity contribution >= 4 is 0 Å². The second kappa shape index (κ2) is 6.82. The van der Waals surface area contributed by atoms with Crippen molar-refractivity contribution in [3.05, 3.63) is 35.4 Å². The molecule has 0 heterocycles. The zero-order valence-corrected chi connectivity index (χ0v) is 12.7. The molecule has 3 atom stereocenters. The molecule has 0 aliphatic heterocycles. The van der Waals surface area contributed by atoms with Gasteiger partial charge in [0, 0.05) is 6.04 Å². The number of nitrogens with one attached hydrogen (secondary N) is 1. The van der Waals surface area contributed by atoms with Gasteiger partial charge in [-0.25, -0.2) is 0 Å². The van der Waals surface area contributed by atoms with Gasteiger partial charge in [0.15, 0.2) is 0 Å². The Kier molecular flexibility index (Phi) is 5.31. The van der Waals surface area contributed by atoms with Crippen molar-refractivity contribution in [2.24, 2.45) is 11.8 Å². The molecule has 0 bridgehead atoms. The number of hydrogen-bond acceptors (Lipinski definition) is 1. The van der Waals surface area contributed by atoms with E-state index in [1.54, 1.807) is 0 Å². The van der Waals surface area contributed by atoms with Crippen LogP contribution in [-0.2, 0) is 6.42 Å². The van der Waals surface area contributed by atoms with E-state index in [1.807, 2.05) is 19.2 Å². The summed E-state index contributed by atoms with van der Waals surface area (Å²) >= 11 is 0. The number of rotatable bonds is 4. The van der Waals surface area contributed by atoms with Gasteiger partial charge in [-0.3, -0.25) is 0 Å². The number of aryl methyl sites for hydroxylation is 1. The zero-order valence-electron chi connectivity index (χ0n) is 12.7. The van der Waals surface area contributed by atoms with Gasteiger partial charge in [0.1, 0.15) is 0 Å². The highest BCUT2D eigenvalue weighted by Crippen LogP contribution is 2.41. The highest BCUT2D eigenvalue weighted by Gasteiger charge is 2.43. The SMILES string of the molecule is CNC(Cc1ccccc1C)C1CCCC(C(F)(F)F)C1. The van der Waals surface area contributed by atoms with Crippen LogP contribution >= 0.6 is 0 Å². The maximum Gasteiger partial charge on any atom is 0.391 e. The number of alkyl halides is 3. The lowest BCUT2D eigenvalue weighted by atomic mass is 9.76. The van der Waals surface area contributed by atoms with Crippen LogP contribution in [0.1, 0.15) is 36.8 Å². The van der Waals surface area contributed by atoms with E-state index < -0.39 is 12.1 Å². The first-order valence-electron chi connectivity index (χ1n) is 7.70.